The number of nitrogens with zero attached hydrogens (tertiary/aromatic N) is 2. The van der Waals surface area contributed by atoms with Gasteiger partial charge in [0.1, 0.15) is 11.9 Å². The largest absolute Gasteiger partial charge is 0.490 e. The van der Waals surface area contributed by atoms with Crippen LogP contribution in [0.2, 0.25) is 0 Å². The van der Waals surface area contributed by atoms with Crippen LogP contribution >= 0.6 is 0 Å². The summed E-state index contributed by atoms with van der Waals surface area (Å²) in [6.07, 6.45) is 9.31. The van der Waals surface area contributed by atoms with E-state index in [0.29, 0.717) is 6.10 Å². The Kier molecular flexibility index (Phi) is 7.28. The van der Waals surface area contributed by atoms with Crippen molar-refractivity contribution in [1.82, 2.24) is 10.2 Å². The number of hydrogen-bond donors (Lipinski definition) is 1. The van der Waals surface area contributed by atoms with E-state index in [1.54, 1.807) is 0 Å². The standard InChI is InChI=1S/C23H35N3O3/c1-24-23(26-13-15-28-22(17-26)21-8-5-14-27-21)25-16-18-9-11-20(12-10-18)29-19-6-3-2-4-7-19/h9-12,19,21-22H,2-8,13-17H2,1H3,(H,24,25). The van der Waals surface area contributed by atoms with E-state index in [2.05, 4.69) is 39.5 Å². The van der Waals surface area contributed by atoms with E-state index in [9.17, 15) is 0 Å². The third kappa shape index (κ3) is 5.64. The Labute approximate surface area is 174 Å². The lowest BCUT2D eigenvalue weighted by atomic mass is 9.98. The van der Waals surface area contributed by atoms with Crippen LogP contribution in [-0.2, 0) is 16.0 Å². The summed E-state index contributed by atoms with van der Waals surface area (Å²) in [5.74, 6) is 1.91. The van der Waals surface area contributed by atoms with Gasteiger partial charge in [0.15, 0.2) is 5.96 Å². The number of guanidine groups is 1. The van der Waals surface area contributed by atoms with Crippen molar-refractivity contribution in [3.8, 4) is 5.75 Å². The average Bonchev–Trinajstić information content (AvgIpc) is 3.31. The summed E-state index contributed by atoms with van der Waals surface area (Å²) in [5, 5.41) is 3.51. The summed E-state index contributed by atoms with van der Waals surface area (Å²) in [7, 11) is 1.85. The monoisotopic (exact) mass is 401 g/mol. The number of morpholine rings is 1. The first-order chi connectivity index (χ1) is 14.3. The molecule has 3 aliphatic rings. The van der Waals surface area contributed by atoms with Gasteiger partial charge in [-0.15, -0.1) is 0 Å². The highest BCUT2D eigenvalue weighted by atomic mass is 16.5. The van der Waals surface area contributed by atoms with Crippen molar-refractivity contribution < 1.29 is 14.2 Å². The number of nitrogens with one attached hydrogen (secondary N) is 1. The van der Waals surface area contributed by atoms with Crippen molar-refractivity contribution in [3.05, 3.63) is 29.8 Å². The summed E-state index contributed by atoms with van der Waals surface area (Å²) < 4.78 is 17.9. The SMILES string of the molecule is CN=C(NCc1ccc(OC2CCCCC2)cc1)N1CCOC(C2CCCO2)C1. The van der Waals surface area contributed by atoms with Crippen molar-refractivity contribution in [2.75, 3.05) is 33.4 Å². The topological polar surface area (TPSA) is 55.3 Å². The zero-order chi connectivity index (χ0) is 19.9. The summed E-state index contributed by atoms with van der Waals surface area (Å²) in [6, 6.07) is 8.48. The van der Waals surface area contributed by atoms with Crippen molar-refractivity contribution in [3.63, 3.8) is 0 Å². The molecular weight excluding hydrogens is 366 g/mol. The number of ether oxygens (including phenoxy) is 3. The molecule has 3 fully saturated rings. The van der Waals surface area contributed by atoms with Crippen molar-refractivity contribution in [1.29, 1.82) is 0 Å². The van der Waals surface area contributed by atoms with Crippen molar-refractivity contribution >= 4 is 5.96 Å². The Hall–Kier alpha value is -1.79. The van der Waals surface area contributed by atoms with Gasteiger partial charge in [-0.05, 0) is 56.2 Å². The maximum atomic E-state index is 6.13. The van der Waals surface area contributed by atoms with Crippen LogP contribution in [0, 0.1) is 0 Å². The molecule has 0 radical (unpaired) electrons. The Morgan fingerprint density at radius 3 is 2.55 bits per heavy atom. The van der Waals surface area contributed by atoms with Crippen molar-refractivity contribution in [2.24, 2.45) is 4.99 Å². The maximum Gasteiger partial charge on any atom is 0.194 e. The van der Waals surface area contributed by atoms with Gasteiger partial charge < -0.3 is 24.4 Å². The fourth-order valence-electron chi connectivity index (χ4n) is 4.56. The molecule has 29 heavy (non-hydrogen) atoms. The van der Waals surface area contributed by atoms with Crippen LogP contribution in [0.15, 0.2) is 29.3 Å². The van der Waals surface area contributed by atoms with Crippen LogP contribution in [0.1, 0.15) is 50.5 Å². The van der Waals surface area contributed by atoms with Crippen LogP contribution in [0.4, 0.5) is 0 Å². The van der Waals surface area contributed by atoms with Gasteiger partial charge in [0.2, 0.25) is 0 Å². The molecule has 1 aromatic carbocycles. The molecule has 1 N–H and O–H groups in total. The molecule has 6 heteroatoms. The fourth-order valence-corrected chi connectivity index (χ4v) is 4.56. The van der Waals surface area contributed by atoms with Gasteiger partial charge >= 0.3 is 0 Å². The van der Waals surface area contributed by atoms with E-state index in [1.165, 1.54) is 37.7 Å². The zero-order valence-electron chi connectivity index (χ0n) is 17.6. The van der Waals surface area contributed by atoms with E-state index >= 15 is 0 Å². The Morgan fingerprint density at radius 1 is 1.03 bits per heavy atom. The first kappa shape index (κ1) is 20.5. The van der Waals surface area contributed by atoms with E-state index in [-0.39, 0.29) is 12.2 Å². The molecule has 4 rings (SSSR count). The first-order valence-corrected chi connectivity index (χ1v) is 11.3. The van der Waals surface area contributed by atoms with Gasteiger partial charge in [-0.2, -0.15) is 0 Å². The lowest BCUT2D eigenvalue weighted by molar-refractivity contribution is -0.0817. The number of hydrogen-bond acceptors (Lipinski definition) is 4. The van der Waals surface area contributed by atoms with E-state index in [0.717, 1.165) is 57.4 Å². The van der Waals surface area contributed by atoms with Crippen LogP contribution in [-0.4, -0.2) is 62.5 Å². The molecule has 2 aliphatic heterocycles. The molecule has 1 aliphatic carbocycles. The van der Waals surface area contributed by atoms with E-state index < -0.39 is 0 Å². The molecule has 1 saturated carbocycles. The van der Waals surface area contributed by atoms with Gasteiger partial charge in [0, 0.05) is 33.3 Å². The van der Waals surface area contributed by atoms with Gasteiger partial charge in [-0.25, -0.2) is 0 Å². The van der Waals surface area contributed by atoms with Gasteiger partial charge in [0.25, 0.3) is 0 Å². The summed E-state index contributed by atoms with van der Waals surface area (Å²) >= 11 is 0. The number of benzene rings is 1. The van der Waals surface area contributed by atoms with E-state index in [4.69, 9.17) is 14.2 Å². The summed E-state index contributed by atoms with van der Waals surface area (Å²) in [6.45, 7) is 4.02. The molecule has 1 aromatic rings. The van der Waals surface area contributed by atoms with Crippen LogP contribution in [0.25, 0.3) is 0 Å². The minimum atomic E-state index is 0.140. The fraction of sp³-hybridized carbons (Fsp3) is 0.696. The molecule has 2 heterocycles. The predicted molar refractivity (Wildman–Crippen MR) is 114 cm³/mol. The Bertz CT molecular complexity index is 652. The number of rotatable bonds is 5. The highest BCUT2D eigenvalue weighted by Gasteiger charge is 2.32. The summed E-state index contributed by atoms with van der Waals surface area (Å²) in [5.41, 5.74) is 1.23. The second-order valence-electron chi connectivity index (χ2n) is 8.33. The van der Waals surface area contributed by atoms with Crippen LogP contribution in [0.5, 0.6) is 5.75 Å². The normalized spacial score (nSPS) is 26.5. The molecule has 0 aromatic heterocycles. The third-order valence-electron chi connectivity index (χ3n) is 6.21. The molecule has 2 saturated heterocycles. The first-order valence-electron chi connectivity index (χ1n) is 11.3. The Balaban J connectivity index is 1.26. The van der Waals surface area contributed by atoms with Gasteiger partial charge in [-0.1, -0.05) is 18.6 Å². The van der Waals surface area contributed by atoms with Gasteiger partial charge in [0.05, 0.1) is 18.8 Å². The van der Waals surface area contributed by atoms with Crippen molar-refractivity contribution in [2.45, 2.75) is 69.8 Å². The second kappa shape index (κ2) is 10.3. The predicted octanol–water partition coefficient (Wildman–Crippen LogP) is 3.35. The molecule has 0 bridgehead atoms. The molecule has 6 nitrogen and oxygen atoms in total. The lowest BCUT2D eigenvalue weighted by Crippen LogP contribution is -2.53. The summed E-state index contributed by atoms with van der Waals surface area (Å²) in [4.78, 5) is 6.78. The van der Waals surface area contributed by atoms with E-state index in [1.807, 2.05) is 7.05 Å². The number of aliphatic imine (C=N–C) groups is 1. The van der Waals surface area contributed by atoms with Gasteiger partial charge in [-0.3, -0.25) is 4.99 Å². The lowest BCUT2D eigenvalue weighted by Gasteiger charge is -2.37. The molecule has 0 amide bonds. The third-order valence-corrected chi connectivity index (χ3v) is 6.21. The maximum absolute atomic E-state index is 6.13. The highest BCUT2D eigenvalue weighted by molar-refractivity contribution is 5.80. The van der Waals surface area contributed by atoms with Crippen LogP contribution < -0.4 is 10.1 Å². The zero-order valence-corrected chi connectivity index (χ0v) is 17.6. The Morgan fingerprint density at radius 2 is 1.83 bits per heavy atom. The highest BCUT2D eigenvalue weighted by Crippen LogP contribution is 2.24. The minimum Gasteiger partial charge on any atom is -0.490 e. The molecule has 160 valence electrons. The smallest absolute Gasteiger partial charge is 0.194 e. The average molecular weight is 402 g/mol. The minimum absolute atomic E-state index is 0.140. The molecule has 2 unspecified atom stereocenters. The van der Waals surface area contributed by atoms with Crippen LogP contribution in [0.3, 0.4) is 0 Å². The molecular formula is C23H35N3O3. The second-order valence-corrected chi connectivity index (χ2v) is 8.33. The quantitative estimate of drug-likeness (QED) is 0.606. The molecule has 2 atom stereocenters. The molecule has 0 spiro atoms.